The molecule has 1 saturated carbocycles. The van der Waals surface area contributed by atoms with Gasteiger partial charge in [0.15, 0.2) is 5.82 Å². The molecular weight excluding hydrogens is 360 g/mol. The molecule has 2 heterocycles. The van der Waals surface area contributed by atoms with Crippen LogP contribution in [0.4, 0.5) is 0 Å². The normalized spacial score (nSPS) is 14.5. The van der Waals surface area contributed by atoms with E-state index < -0.39 is 0 Å². The highest BCUT2D eigenvalue weighted by Crippen LogP contribution is 2.28. The number of thioether (sulfide) groups is 1. The molecule has 1 aliphatic rings. The molecule has 3 aromatic rings. The van der Waals surface area contributed by atoms with Gasteiger partial charge in [0.1, 0.15) is 0 Å². The molecule has 27 heavy (non-hydrogen) atoms. The average Bonchev–Trinajstić information content (AvgIpc) is 3.30. The molecule has 140 valence electrons. The summed E-state index contributed by atoms with van der Waals surface area (Å²) in [5, 5.41) is 8.76. The van der Waals surface area contributed by atoms with Crippen molar-refractivity contribution in [2.24, 2.45) is 0 Å². The molecule has 1 amide bonds. The van der Waals surface area contributed by atoms with Crippen molar-refractivity contribution in [2.45, 2.75) is 55.8 Å². The Bertz CT molecular complexity index is 989. The van der Waals surface area contributed by atoms with Crippen LogP contribution in [0.2, 0.25) is 0 Å². The zero-order chi connectivity index (χ0) is 19.0. The van der Waals surface area contributed by atoms with Crippen LogP contribution in [0.3, 0.4) is 0 Å². The van der Waals surface area contributed by atoms with Gasteiger partial charge in [0.25, 0.3) is 5.91 Å². The monoisotopic (exact) mass is 382 g/mol. The molecule has 1 aromatic carbocycles. The third-order valence-electron chi connectivity index (χ3n) is 4.31. The zero-order valence-corrected chi connectivity index (χ0v) is 16.5. The van der Waals surface area contributed by atoms with Crippen LogP contribution in [-0.4, -0.2) is 27.1 Å². The molecule has 1 N–H and O–H groups in total. The molecule has 0 aliphatic heterocycles. The molecule has 0 spiro atoms. The summed E-state index contributed by atoms with van der Waals surface area (Å²) < 4.78 is 5.34. The van der Waals surface area contributed by atoms with Crippen molar-refractivity contribution in [3.8, 4) is 0 Å². The standard InChI is InChI=1S/C20H22N4O2S/c1-20(2,3)19-23-16(24-26-19)11-27-17-10-14(18(25)21-12-8-9-12)13-6-4-5-7-15(13)22-17/h4-7,10,12H,8-9,11H2,1-3H3,(H,21,25). The second-order valence-electron chi connectivity index (χ2n) is 7.83. The Labute approximate surface area is 162 Å². The van der Waals surface area contributed by atoms with Crippen molar-refractivity contribution in [1.82, 2.24) is 20.4 Å². The van der Waals surface area contributed by atoms with E-state index in [-0.39, 0.29) is 11.3 Å². The minimum atomic E-state index is -0.175. The quantitative estimate of drug-likeness (QED) is 0.669. The number of aromatic nitrogens is 3. The maximum Gasteiger partial charge on any atom is 0.252 e. The summed E-state index contributed by atoms with van der Waals surface area (Å²) in [6, 6.07) is 9.90. The molecule has 1 fully saturated rings. The van der Waals surface area contributed by atoms with Crippen LogP contribution in [0.5, 0.6) is 0 Å². The Morgan fingerprint density at radius 1 is 1.26 bits per heavy atom. The SMILES string of the molecule is CC(C)(C)c1nc(CSc2cc(C(=O)NC3CC3)c3ccccc3n2)no1. The predicted molar refractivity (Wildman–Crippen MR) is 105 cm³/mol. The number of carbonyl (C=O) groups is 1. The summed E-state index contributed by atoms with van der Waals surface area (Å²) >= 11 is 1.50. The van der Waals surface area contributed by atoms with Gasteiger partial charge < -0.3 is 9.84 Å². The highest BCUT2D eigenvalue weighted by Gasteiger charge is 2.25. The highest BCUT2D eigenvalue weighted by molar-refractivity contribution is 7.98. The first-order valence-electron chi connectivity index (χ1n) is 9.07. The summed E-state index contributed by atoms with van der Waals surface area (Å²) in [6.07, 6.45) is 2.12. The van der Waals surface area contributed by atoms with Gasteiger partial charge in [-0.1, -0.05) is 55.9 Å². The number of nitrogens with zero attached hydrogens (tertiary/aromatic N) is 3. The molecule has 6 nitrogen and oxygen atoms in total. The number of rotatable bonds is 5. The summed E-state index contributed by atoms with van der Waals surface area (Å²) in [4.78, 5) is 21.8. The third kappa shape index (κ3) is 4.13. The molecule has 7 heteroatoms. The summed E-state index contributed by atoms with van der Waals surface area (Å²) in [7, 11) is 0. The van der Waals surface area contributed by atoms with Crippen LogP contribution in [0.1, 0.15) is 55.7 Å². The number of hydrogen-bond donors (Lipinski definition) is 1. The van der Waals surface area contributed by atoms with E-state index in [1.54, 1.807) is 0 Å². The molecule has 0 unspecified atom stereocenters. The van der Waals surface area contributed by atoms with E-state index in [2.05, 4.69) is 20.4 Å². The van der Waals surface area contributed by atoms with Crippen molar-refractivity contribution >= 4 is 28.6 Å². The van der Waals surface area contributed by atoms with E-state index in [1.165, 1.54) is 11.8 Å². The maximum atomic E-state index is 12.7. The van der Waals surface area contributed by atoms with Gasteiger partial charge in [0.2, 0.25) is 5.89 Å². The molecule has 2 aromatic heterocycles. The molecular formula is C20H22N4O2S. The lowest BCUT2D eigenvalue weighted by Crippen LogP contribution is -2.25. The van der Waals surface area contributed by atoms with Crippen molar-refractivity contribution in [3.63, 3.8) is 0 Å². The van der Waals surface area contributed by atoms with Gasteiger partial charge in [-0.2, -0.15) is 4.98 Å². The van der Waals surface area contributed by atoms with Gasteiger partial charge in [-0.3, -0.25) is 4.79 Å². The Morgan fingerprint density at radius 2 is 2.04 bits per heavy atom. The Balaban J connectivity index is 1.58. The minimum Gasteiger partial charge on any atom is -0.349 e. The Kier molecular flexibility index (Phi) is 4.63. The number of para-hydroxylation sites is 1. The van der Waals surface area contributed by atoms with Crippen LogP contribution < -0.4 is 5.32 Å². The lowest BCUT2D eigenvalue weighted by molar-refractivity contribution is 0.0952. The lowest BCUT2D eigenvalue weighted by atomic mass is 9.97. The van der Waals surface area contributed by atoms with Gasteiger partial charge in [-0.15, -0.1) is 0 Å². The first-order chi connectivity index (χ1) is 12.9. The van der Waals surface area contributed by atoms with E-state index in [9.17, 15) is 4.79 Å². The first-order valence-corrected chi connectivity index (χ1v) is 10.1. The number of amides is 1. The number of carbonyl (C=O) groups excluding carboxylic acids is 1. The molecule has 0 radical (unpaired) electrons. The number of nitrogens with one attached hydrogen (secondary N) is 1. The number of hydrogen-bond acceptors (Lipinski definition) is 6. The second kappa shape index (κ2) is 6.96. The predicted octanol–water partition coefficient (Wildman–Crippen LogP) is 4.10. The Morgan fingerprint density at radius 3 is 2.74 bits per heavy atom. The van der Waals surface area contributed by atoms with Gasteiger partial charge >= 0.3 is 0 Å². The fourth-order valence-corrected chi connectivity index (χ4v) is 3.42. The van der Waals surface area contributed by atoms with Crippen LogP contribution in [-0.2, 0) is 11.2 Å². The van der Waals surface area contributed by atoms with Crippen LogP contribution >= 0.6 is 11.8 Å². The molecule has 0 saturated heterocycles. The number of benzene rings is 1. The fourth-order valence-electron chi connectivity index (χ4n) is 2.66. The van der Waals surface area contributed by atoms with Gasteiger partial charge in [-0.25, -0.2) is 4.98 Å². The molecule has 0 bridgehead atoms. The van der Waals surface area contributed by atoms with Crippen LogP contribution in [0, 0.1) is 0 Å². The first kappa shape index (κ1) is 18.0. The second-order valence-corrected chi connectivity index (χ2v) is 8.82. The third-order valence-corrected chi connectivity index (χ3v) is 5.22. The lowest BCUT2D eigenvalue weighted by Gasteiger charge is -2.10. The zero-order valence-electron chi connectivity index (χ0n) is 15.7. The fraction of sp³-hybridized carbons (Fsp3) is 0.400. The average molecular weight is 382 g/mol. The van der Waals surface area contributed by atoms with E-state index >= 15 is 0 Å². The minimum absolute atomic E-state index is 0.0347. The maximum absolute atomic E-state index is 12.7. The summed E-state index contributed by atoms with van der Waals surface area (Å²) in [5.74, 6) is 1.75. The van der Waals surface area contributed by atoms with Gasteiger partial charge in [-0.05, 0) is 25.0 Å². The summed E-state index contributed by atoms with van der Waals surface area (Å²) in [5.41, 5.74) is 1.30. The van der Waals surface area contributed by atoms with E-state index in [0.717, 1.165) is 28.8 Å². The topological polar surface area (TPSA) is 80.9 Å². The van der Waals surface area contributed by atoms with Gasteiger partial charge in [0.05, 0.1) is 21.9 Å². The molecule has 4 rings (SSSR count). The van der Waals surface area contributed by atoms with Crippen LogP contribution in [0.15, 0.2) is 39.9 Å². The number of fused-ring (bicyclic) bond motifs is 1. The summed E-state index contributed by atoms with van der Waals surface area (Å²) in [6.45, 7) is 6.10. The largest absolute Gasteiger partial charge is 0.349 e. The van der Waals surface area contributed by atoms with E-state index in [4.69, 9.17) is 4.52 Å². The number of pyridine rings is 1. The van der Waals surface area contributed by atoms with Crippen molar-refractivity contribution in [3.05, 3.63) is 47.6 Å². The molecule has 0 atom stereocenters. The van der Waals surface area contributed by atoms with Crippen LogP contribution in [0.25, 0.3) is 10.9 Å². The van der Waals surface area contributed by atoms with E-state index in [0.29, 0.717) is 29.1 Å². The van der Waals surface area contributed by atoms with Gasteiger partial charge in [0, 0.05) is 16.8 Å². The highest BCUT2D eigenvalue weighted by atomic mass is 32.2. The molecule has 1 aliphatic carbocycles. The van der Waals surface area contributed by atoms with Crippen molar-refractivity contribution in [2.75, 3.05) is 0 Å². The Hall–Kier alpha value is -2.41. The van der Waals surface area contributed by atoms with Crippen molar-refractivity contribution in [1.29, 1.82) is 0 Å². The van der Waals surface area contributed by atoms with Crippen molar-refractivity contribution < 1.29 is 9.32 Å². The smallest absolute Gasteiger partial charge is 0.252 e. The van der Waals surface area contributed by atoms with E-state index in [1.807, 2.05) is 51.1 Å².